The number of phenolic OH excluding ortho intramolecular Hbond substituents is 1. The van der Waals surface area contributed by atoms with E-state index in [9.17, 15) is 15.0 Å². The first-order chi connectivity index (χ1) is 13.1. The predicted octanol–water partition coefficient (Wildman–Crippen LogP) is 3.61. The minimum Gasteiger partial charge on any atom is -0.506 e. The van der Waals surface area contributed by atoms with Gasteiger partial charge in [0.05, 0.1) is 11.6 Å². The van der Waals surface area contributed by atoms with Crippen LogP contribution in [0.1, 0.15) is 63.0 Å². The fraction of sp³-hybridized carbons (Fsp3) is 0.591. The molecule has 2 saturated carbocycles. The van der Waals surface area contributed by atoms with Gasteiger partial charge < -0.3 is 20.5 Å². The van der Waals surface area contributed by atoms with Crippen LogP contribution in [-0.2, 0) is 0 Å². The van der Waals surface area contributed by atoms with Gasteiger partial charge in [0.1, 0.15) is 5.75 Å². The van der Waals surface area contributed by atoms with Crippen LogP contribution in [0.5, 0.6) is 5.75 Å². The zero-order chi connectivity index (χ0) is 18.8. The fourth-order valence-electron chi connectivity index (χ4n) is 5.29. The molecule has 2 aliphatic carbocycles. The van der Waals surface area contributed by atoms with E-state index in [1.807, 2.05) is 0 Å². The summed E-state index contributed by atoms with van der Waals surface area (Å²) in [6.45, 7) is 0.493. The van der Waals surface area contributed by atoms with E-state index < -0.39 is 6.10 Å². The Hall–Kier alpha value is -1.85. The molecular formula is C22H30N2O3. The monoisotopic (exact) mass is 370 g/mol. The molecular weight excluding hydrogens is 340 g/mol. The number of pyridine rings is 1. The number of aromatic nitrogens is 1. The van der Waals surface area contributed by atoms with E-state index in [1.54, 1.807) is 12.1 Å². The van der Waals surface area contributed by atoms with Gasteiger partial charge in [-0.05, 0) is 42.4 Å². The maximum Gasteiger partial charge on any atom is 0.248 e. The Balaban J connectivity index is 1.46. The van der Waals surface area contributed by atoms with Crippen molar-refractivity contribution in [2.24, 2.45) is 11.8 Å². The van der Waals surface area contributed by atoms with Crippen LogP contribution >= 0.6 is 0 Å². The second-order valence-electron chi connectivity index (χ2n) is 8.31. The summed E-state index contributed by atoms with van der Waals surface area (Å²) in [5.74, 6) is 1.61. The Labute approximate surface area is 159 Å². The quantitative estimate of drug-likeness (QED) is 0.648. The average Bonchev–Trinajstić information content (AvgIpc) is 3.16. The Morgan fingerprint density at radius 3 is 2.67 bits per heavy atom. The summed E-state index contributed by atoms with van der Waals surface area (Å²) in [6.07, 6.45) is 9.95. The van der Waals surface area contributed by atoms with E-state index in [1.165, 1.54) is 63.5 Å². The molecule has 4 N–H and O–H groups in total. The molecule has 0 bridgehead atoms. The molecule has 0 saturated heterocycles. The number of fused-ring (bicyclic) bond motifs is 1. The number of aromatic hydroxyl groups is 1. The summed E-state index contributed by atoms with van der Waals surface area (Å²) in [7, 11) is 0. The first-order valence-corrected chi connectivity index (χ1v) is 10.4. The lowest BCUT2D eigenvalue weighted by molar-refractivity contribution is 0.155. The molecule has 146 valence electrons. The predicted molar refractivity (Wildman–Crippen MR) is 107 cm³/mol. The summed E-state index contributed by atoms with van der Waals surface area (Å²) in [4.78, 5) is 14.2. The molecule has 5 nitrogen and oxygen atoms in total. The van der Waals surface area contributed by atoms with Gasteiger partial charge in [-0.15, -0.1) is 0 Å². The number of rotatable bonds is 5. The van der Waals surface area contributed by atoms with Gasteiger partial charge >= 0.3 is 0 Å². The maximum absolute atomic E-state index is 11.6. The van der Waals surface area contributed by atoms with Crippen molar-refractivity contribution in [1.82, 2.24) is 10.3 Å². The summed E-state index contributed by atoms with van der Waals surface area (Å²) in [6, 6.07) is 6.88. The fourth-order valence-corrected chi connectivity index (χ4v) is 5.29. The number of nitrogens with one attached hydrogen (secondary N) is 2. The van der Waals surface area contributed by atoms with Gasteiger partial charge in [-0.3, -0.25) is 4.79 Å². The Bertz CT molecular complexity index is 841. The molecule has 1 heterocycles. The summed E-state index contributed by atoms with van der Waals surface area (Å²) >= 11 is 0. The first-order valence-electron chi connectivity index (χ1n) is 10.4. The van der Waals surface area contributed by atoms with Crippen LogP contribution in [0.3, 0.4) is 0 Å². The van der Waals surface area contributed by atoms with E-state index >= 15 is 0 Å². The minimum absolute atomic E-state index is 0.0276. The summed E-state index contributed by atoms with van der Waals surface area (Å²) in [5.41, 5.74) is 0.864. The molecule has 5 heteroatoms. The zero-order valence-electron chi connectivity index (χ0n) is 15.8. The number of aliphatic hydroxyl groups excluding tert-OH is 1. The van der Waals surface area contributed by atoms with Gasteiger partial charge in [-0.25, -0.2) is 0 Å². The number of hydrogen-bond acceptors (Lipinski definition) is 4. The molecule has 0 radical (unpaired) electrons. The molecule has 0 unspecified atom stereocenters. The number of aliphatic hydroxyl groups is 1. The van der Waals surface area contributed by atoms with Crippen LogP contribution in [-0.4, -0.2) is 27.8 Å². The Morgan fingerprint density at radius 2 is 1.85 bits per heavy atom. The lowest BCUT2D eigenvalue weighted by Crippen LogP contribution is -2.38. The van der Waals surface area contributed by atoms with E-state index in [4.69, 9.17) is 0 Å². The highest BCUT2D eigenvalue weighted by atomic mass is 16.3. The third-order valence-electron chi connectivity index (χ3n) is 6.66. The lowest BCUT2D eigenvalue weighted by atomic mass is 9.77. The van der Waals surface area contributed by atoms with Crippen LogP contribution < -0.4 is 10.9 Å². The van der Waals surface area contributed by atoms with Crippen molar-refractivity contribution in [3.63, 3.8) is 0 Å². The van der Waals surface area contributed by atoms with Gasteiger partial charge in [0.15, 0.2) is 0 Å². The van der Waals surface area contributed by atoms with Crippen molar-refractivity contribution in [3.05, 3.63) is 40.2 Å². The number of H-pyrrole nitrogens is 1. The van der Waals surface area contributed by atoms with Crippen LogP contribution in [0, 0.1) is 11.8 Å². The standard InChI is InChI=1S/C22H30N2O3/c25-19-11-9-16(17-10-12-21(27)24-22(17)19)20(26)13-23-18-8-4-7-15(18)14-5-2-1-3-6-14/h9-12,14-15,18,20,23,25-26H,1-8,13H2,(H,24,27)/t15-,18-,20+/m1/s1. The number of phenols is 1. The minimum atomic E-state index is -0.674. The molecule has 1 aromatic heterocycles. The molecule has 4 rings (SSSR count). The smallest absolute Gasteiger partial charge is 0.248 e. The SMILES string of the molecule is O=c1ccc2c([C@@H](O)CN[C@@H]3CCC[C@@H]3C3CCCCC3)ccc(O)c2[nH]1. The van der Waals surface area contributed by atoms with Crippen molar-refractivity contribution in [1.29, 1.82) is 0 Å². The lowest BCUT2D eigenvalue weighted by Gasteiger charge is -2.32. The largest absolute Gasteiger partial charge is 0.506 e. The van der Waals surface area contributed by atoms with Gasteiger partial charge in [0, 0.05) is 24.0 Å². The van der Waals surface area contributed by atoms with Gasteiger partial charge in [-0.2, -0.15) is 0 Å². The molecule has 2 aliphatic rings. The molecule has 0 amide bonds. The number of benzene rings is 1. The van der Waals surface area contributed by atoms with Crippen molar-refractivity contribution in [2.75, 3.05) is 6.54 Å². The molecule has 1 aromatic carbocycles. The third kappa shape index (κ3) is 3.90. The first kappa shape index (κ1) is 18.5. The average molecular weight is 370 g/mol. The van der Waals surface area contributed by atoms with E-state index in [0.29, 0.717) is 23.5 Å². The van der Waals surface area contributed by atoms with Crippen molar-refractivity contribution < 1.29 is 10.2 Å². The molecule has 2 aromatic rings. The second-order valence-corrected chi connectivity index (χ2v) is 8.31. The van der Waals surface area contributed by atoms with E-state index in [0.717, 1.165) is 17.4 Å². The highest BCUT2D eigenvalue weighted by molar-refractivity contribution is 5.87. The maximum atomic E-state index is 11.6. The summed E-state index contributed by atoms with van der Waals surface area (Å²) < 4.78 is 0. The molecule has 0 aliphatic heterocycles. The van der Waals surface area contributed by atoms with E-state index in [2.05, 4.69) is 10.3 Å². The molecule has 2 fully saturated rings. The Kier molecular flexibility index (Phi) is 5.50. The second kappa shape index (κ2) is 8.03. The zero-order valence-corrected chi connectivity index (χ0v) is 15.8. The van der Waals surface area contributed by atoms with Crippen LogP contribution in [0.15, 0.2) is 29.1 Å². The highest BCUT2D eigenvalue weighted by Crippen LogP contribution is 2.39. The third-order valence-corrected chi connectivity index (χ3v) is 6.66. The molecule has 3 atom stereocenters. The highest BCUT2D eigenvalue weighted by Gasteiger charge is 2.34. The van der Waals surface area contributed by atoms with Gasteiger partial charge in [0.2, 0.25) is 5.56 Å². The number of aromatic amines is 1. The van der Waals surface area contributed by atoms with Crippen LogP contribution in [0.2, 0.25) is 0 Å². The number of hydrogen-bond donors (Lipinski definition) is 4. The van der Waals surface area contributed by atoms with Gasteiger partial charge in [0.25, 0.3) is 0 Å². The van der Waals surface area contributed by atoms with Crippen LogP contribution in [0.4, 0.5) is 0 Å². The van der Waals surface area contributed by atoms with Crippen molar-refractivity contribution >= 4 is 10.9 Å². The van der Waals surface area contributed by atoms with E-state index in [-0.39, 0.29) is 11.3 Å². The molecule has 27 heavy (non-hydrogen) atoms. The molecule has 0 spiro atoms. The van der Waals surface area contributed by atoms with Crippen molar-refractivity contribution in [2.45, 2.75) is 63.5 Å². The Morgan fingerprint density at radius 1 is 1.04 bits per heavy atom. The topological polar surface area (TPSA) is 85.3 Å². The van der Waals surface area contributed by atoms with Crippen molar-refractivity contribution in [3.8, 4) is 5.75 Å². The summed E-state index contributed by atoms with van der Waals surface area (Å²) in [5, 5.41) is 25.1. The van der Waals surface area contributed by atoms with Crippen LogP contribution in [0.25, 0.3) is 10.9 Å². The normalized spacial score (nSPS) is 25.1. The van der Waals surface area contributed by atoms with Gasteiger partial charge in [-0.1, -0.05) is 44.6 Å².